The number of hydrogen-bond donors (Lipinski definition) is 2. The Balaban J connectivity index is 1.39. The topological polar surface area (TPSA) is 120 Å². The molecule has 0 radical (unpaired) electrons. The highest BCUT2D eigenvalue weighted by atomic mass is 32.1. The lowest BCUT2D eigenvalue weighted by Gasteiger charge is -2.19. The molecule has 2 N–H and O–H groups in total. The molecule has 0 aliphatic carbocycles. The van der Waals surface area contributed by atoms with Gasteiger partial charge in [-0.15, -0.1) is 22.7 Å². The number of aromatic nitrogens is 1. The summed E-state index contributed by atoms with van der Waals surface area (Å²) < 4.78 is 15.7. The van der Waals surface area contributed by atoms with Gasteiger partial charge >= 0.3 is 12.1 Å². The highest BCUT2D eigenvalue weighted by molar-refractivity contribution is 7.17. The molecular formula is C25H25N3O6S2. The van der Waals surface area contributed by atoms with Crippen molar-refractivity contribution in [3.05, 3.63) is 58.0 Å². The smallest absolute Gasteiger partial charge is 0.408 e. The summed E-state index contributed by atoms with van der Waals surface area (Å²) in [5, 5.41) is 8.53. The van der Waals surface area contributed by atoms with Crippen molar-refractivity contribution in [1.82, 2.24) is 10.3 Å². The summed E-state index contributed by atoms with van der Waals surface area (Å²) in [6.45, 7) is 5.53. The van der Waals surface area contributed by atoms with Crippen LogP contribution in [0, 0.1) is 0 Å². The summed E-state index contributed by atoms with van der Waals surface area (Å²) in [6.07, 6.45) is -0.322. The first-order chi connectivity index (χ1) is 17.1. The van der Waals surface area contributed by atoms with Crippen LogP contribution < -0.4 is 10.6 Å². The highest BCUT2D eigenvalue weighted by Crippen LogP contribution is 2.31. The molecule has 0 saturated carbocycles. The zero-order chi connectivity index (χ0) is 25.9. The Bertz CT molecular complexity index is 1410. The zero-order valence-electron chi connectivity index (χ0n) is 20.2. The molecule has 0 fully saturated rings. The van der Waals surface area contributed by atoms with Gasteiger partial charge in [0.2, 0.25) is 0 Å². The quantitative estimate of drug-likeness (QED) is 0.300. The van der Waals surface area contributed by atoms with E-state index in [1.54, 1.807) is 45.0 Å². The Morgan fingerprint density at radius 2 is 1.92 bits per heavy atom. The Hall–Kier alpha value is -3.70. The minimum atomic E-state index is -0.588. The van der Waals surface area contributed by atoms with E-state index >= 15 is 0 Å². The largest absolute Gasteiger partial charge is 0.469 e. The number of carbonyl (C=O) groups excluding carboxylic acids is 3. The average molecular weight is 528 g/mol. The van der Waals surface area contributed by atoms with Gasteiger partial charge < -0.3 is 19.2 Å². The predicted octanol–water partition coefficient (Wildman–Crippen LogP) is 5.61. The fourth-order valence-corrected chi connectivity index (χ4v) is 4.97. The number of ether oxygens (including phenoxy) is 2. The standard InChI is InChI=1S/C25H25N3O6S2/c1-25(2,3)34-24(31)26-12-16-10-15-9-14(5-7-19(15)33-16)22(30)28-23-27-18(13-35-23)20-8-6-17(36-20)11-21(29)32-4/h5-10,13H,11-12H2,1-4H3,(H,26,31)(H,27,28,30). The van der Waals surface area contributed by atoms with Gasteiger partial charge in [0.15, 0.2) is 5.13 Å². The third kappa shape index (κ3) is 6.49. The number of fused-ring (bicyclic) bond motifs is 1. The van der Waals surface area contributed by atoms with Crippen LogP contribution in [0.5, 0.6) is 0 Å². The second kappa shape index (κ2) is 10.5. The van der Waals surface area contributed by atoms with Gasteiger partial charge in [-0.3, -0.25) is 14.9 Å². The number of thiophene rings is 1. The van der Waals surface area contributed by atoms with E-state index in [9.17, 15) is 14.4 Å². The summed E-state index contributed by atoms with van der Waals surface area (Å²) in [4.78, 5) is 42.4. The van der Waals surface area contributed by atoms with Gasteiger partial charge in [-0.2, -0.15) is 0 Å². The van der Waals surface area contributed by atoms with Gasteiger partial charge in [0.1, 0.15) is 16.9 Å². The number of benzene rings is 1. The molecule has 0 saturated heterocycles. The van der Waals surface area contributed by atoms with Crippen molar-refractivity contribution in [1.29, 1.82) is 0 Å². The summed E-state index contributed by atoms with van der Waals surface area (Å²) in [5.41, 5.74) is 1.19. The van der Waals surface area contributed by atoms with E-state index in [0.717, 1.165) is 20.8 Å². The molecule has 0 bridgehead atoms. The third-order valence-corrected chi connectivity index (χ3v) is 6.69. The first kappa shape index (κ1) is 25.4. The zero-order valence-corrected chi connectivity index (χ0v) is 21.8. The van der Waals surface area contributed by atoms with Crippen LogP contribution in [0.25, 0.3) is 21.5 Å². The van der Waals surface area contributed by atoms with E-state index in [1.807, 2.05) is 17.5 Å². The van der Waals surface area contributed by atoms with Crippen molar-refractivity contribution >= 4 is 56.7 Å². The van der Waals surface area contributed by atoms with Crippen LogP contribution in [0.1, 0.15) is 41.8 Å². The number of rotatable bonds is 7. The molecule has 36 heavy (non-hydrogen) atoms. The Kier molecular flexibility index (Phi) is 7.41. The van der Waals surface area contributed by atoms with Crippen LogP contribution in [-0.2, 0) is 27.2 Å². The van der Waals surface area contributed by atoms with Crippen molar-refractivity contribution in [3.63, 3.8) is 0 Å². The molecule has 0 atom stereocenters. The number of amides is 2. The van der Waals surface area contributed by atoms with E-state index in [4.69, 9.17) is 13.9 Å². The number of nitrogens with one attached hydrogen (secondary N) is 2. The molecular weight excluding hydrogens is 502 g/mol. The number of furan rings is 1. The van der Waals surface area contributed by atoms with Crippen molar-refractivity contribution in [2.75, 3.05) is 12.4 Å². The van der Waals surface area contributed by atoms with Gasteiger partial charge in [-0.05, 0) is 57.2 Å². The first-order valence-electron chi connectivity index (χ1n) is 11.0. The van der Waals surface area contributed by atoms with E-state index in [2.05, 4.69) is 15.6 Å². The fraction of sp³-hybridized carbons (Fsp3) is 0.280. The number of esters is 1. The summed E-state index contributed by atoms with van der Waals surface area (Å²) in [5.74, 6) is -0.0545. The van der Waals surface area contributed by atoms with Crippen LogP contribution in [-0.4, -0.2) is 35.7 Å². The SMILES string of the molecule is COC(=O)Cc1ccc(-c2csc(NC(=O)c3ccc4oc(CNC(=O)OC(C)(C)C)cc4c3)n2)s1. The maximum Gasteiger partial charge on any atom is 0.408 e. The summed E-state index contributed by atoms with van der Waals surface area (Å²) >= 11 is 2.77. The van der Waals surface area contributed by atoms with Crippen LogP contribution in [0.15, 0.2) is 46.2 Å². The van der Waals surface area contributed by atoms with E-state index in [-0.39, 0.29) is 24.8 Å². The monoisotopic (exact) mass is 527 g/mol. The van der Waals surface area contributed by atoms with Crippen LogP contribution in [0.3, 0.4) is 0 Å². The van der Waals surface area contributed by atoms with E-state index < -0.39 is 11.7 Å². The fourth-order valence-electron chi connectivity index (χ4n) is 3.24. The molecule has 4 aromatic rings. The molecule has 0 spiro atoms. The summed E-state index contributed by atoms with van der Waals surface area (Å²) in [7, 11) is 1.36. The summed E-state index contributed by atoms with van der Waals surface area (Å²) in [6, 6.07) is 10.6. The van der Waals surface area contributed by atoms with Gasteiger partial charge in [0.05, 0.1) is 30.6 Å². The van der Waals surface area contributed by atoms with Crippen molar-refractivity contribution < 1.29 is 28.3 Å². The molecule has 188 valence electrons. The lowest BCUT2D eigenvalue weighted by atomic mass is 10.1. The number of alkyl carbamates (subject to hydrolysis) is 1. The lowest BCUT2D eigenvalue weighted by Crippen LogP contribution is -2.32. The van der Waals surface area contributed by atoms with Gasteiger partial charge in [0.25, 0.3) is 5.91 Å². The minimum absolute atomic E-state index is 0.164. The molecule has 9 nitrogen and oxygen atoms in total. The molecule has 3 aromatic heterocycles. The lowest BCUT2D eigenvalue weighted by molar-refractivity contribution is -0.139. The number of carbonyl (C=O) groups is 3. The Morgan fingerprint density at radius 1 is 1.11 bits per heavy atom. The van der Waals surface area contributed by atoms with Crippen molar-refractivity contribution in [2.24, 2.45) is 0 Å². The van der Waals surface area contributed by atoms with E-state index in [0.29, 0.717) is 22.0 Å². The number of thiazole rings is 1. The second-order valence-corrected chi connectivity index (χ2v) is 10.9. The number of anilines is 1. The molecule has 1 aromatic carbocycles. The van der Waals surface area contributed by atoms with Gasteiger partial charge in [0, 0.05) is 21.2 Å². The third-order valence-electron chi connectivity index (χ3n) is 4.82. The molecule has 0 unspecified atom stereocenters. The molecule has 2 amide bonds. The number of nitrogens with zero attached hydrogens (tertiary/aromatic N) is 1. The first-order valence-corrected chi connectivity index (χ1v) is 12.7. The van der Waals surface area contributed by atoms with Crippen LogP contribution in [0.2, 0.25) is 0 Å². The Morgan fingerprint density at radius 3 is 2.67 bits per heavy atom. The Labute approximate surface area is 215 Å². The molecule has 11 heteroatoms. The number of hydrogen-bond acceptors (Lipinski definition) is 9. The minimum Gasteiger partial charge on any atom is -0.469 e. The normalized spacial score (nSPS) is 11.3. The van der Waals surface area contributed by atoms with Crippen molar-refractivity contribution in [2.45, 2.75) is 39.3 Å². The average Bonchev–Trinajstić information content (AvgIpc) is 3.55. The number of methoxy groups -OCH3 is 1. The molecule has 0 aliphatic rings. The molecule has 0 aliphatic heterocycles. The molecule has 4 rings (SSSR count). The maximum absolute atomic E-state index is 12.8. The van der Waals surface area contributed by atoms with Crippen molar-refractivity contribution in [3.8, 4) is 10.6 Å². The highest BCUT2D eigenvalue weighted by Gasteiger charge is 2.17. The van der Waals surface area contributed by atoms with E-state index in [1.165, 1.54) is 29.8 Å². The molecule has 3 heterocycles. The van der Waals surface area contributed by atoms with Crippen LogP contribution >= 0.6 is 22.7 Å². The predicted molar refractivity (Wildman–Crippen MR) is 138 cm³/mol. The maximum atomic E-state index is 12.8. The van der Waals surface area contributed by atoms with Crippen LogP contribution in [0.4, 0.5) is 9.93 Å². The second-order valence-electron chi connectivity index (χ2n) is 8.83. The van der Waals surface area contributed by atoms with Gasteiger partial charge in [-0.1, -0.05) is 0 Å². The van der Waals surface area contributed by atoms with Gasteiger partial charge in [-0.25, -0.2) is 9.78 Å².